The molecule has 0 atom stereocenters. The van der Waals surface area contributed by atoms with Crippen LogP contribution in [0.4, 0.5) is 17.6 Å². The molecule has 0 saturated carbocycles. The van der Waals surface area contributed by atoms with Crippen molar-refractivity contribution in [3.63, 3.8) is 0 Å². The van der Waals surface area contributed by atoms with Gasteiger partial charge in [-0.1, -0.05) is 5.16 Å². The quantitative estimate of drug-likeness (QED) is 0.861. The normalized spacial score (nSPS) is 11.5. The largest absolute Gasteiger partial charge is 0.389 e. The van der Waals surface area contributed by atoms with Gasteiger partial charge in [0.2, 0.25) is 5.91 Å². The number of carbonyl (C=O) groups is 1. The molecule has 0 aliphatic heterocycles. The Hall–Kier alpha value is -2.45. The first-order valence-electron chi connectivity index (χ1n) is 6.25. The monoisotopic (exact) mass is 317 g/mol. The van der Waals surface area contributed by atoms with E-state index in [0.29, 0.717) is 5.56 Å². The van der Waals surface area contributed by atoms with Gasteiger partial charge in [-0.05, 0) is 24.3 Å². The van der Waals surface area contributed by atoms with Crippen LogP contribution in [0.15, 0.2) is 28.8 Å². The Balaban J connectivity index is 1.87. The Kier molecular flexibility index (Phi) is 4.74. The van der Waals surface area contributed by atoms with Crippen molar-refractivity contribution < 1.29 is 26.9 Å². The molecule has 0 spiro atoms. The number of alkyl halides is 3. The van der Waals surface area contributed by atoms with Crippen LogP contribution in [-0.4, -0.2) is 22.2 Å². The zero-order chi connectivity index (χ0) is 16.2. The summed E-state index contributed by atoms with van der Waals surface area (Å²) < 4.78 is 53.6. The standard InChI is InChI=1S/C13H11F4N3O2/c14-9-3-1-8(2-4-9)12-19-10(20-22-12)7-18-11(21)5-6-13(15,16)17/h1-4H,5-7H2,(H,18,21). The van der Waals surface area contributed by atoms with Crippen LogP contribution in [0.1, 0.15) is 18.7 Å². The fourth-order valence-corrected chi connectivity index (χ4v) is 1.56. The Bertz CT molecular complexity index is 637. The van der Waals surface area contributed by atoms with Crippen LogP contribution in [0.5, 0.6) is 0 Å². The minimum Gasteiger partial charge on any atom is -0.349 e. The lowest BCUT2D eigenvalue weighted by molar-refractivity contribution is -0.144. The summed E-state index contributed by atoms with van der Waals surface area (Å²) in [4.78, 5) is 15.2. The van der Waals surface area contributed by atoms with Crippen LogP contribution in [0.2, 0.25) is 0 Å². The Morgan fingerprint density at radius 2 is 1.91 bits per heavy atom. The Morgan fingerprint density at radius 1 is 1.23 bits per heavy atom. The van der Waals surface area contributed by atoms with Gasteiger partial charge in [-0.2, -0.15) is 18.2 Å². The van der Waals surface area contributed by atoms with E-state index in [1.807, 2.05) is 0 Å². The fraction of sp³-hybridized carbons (Fsp3) is 0.308. The zero-order valence-electron chi connectivity index (χ0n) is 11.2. The van der Waals surface area contributed by atoms with Crippen LogP contribution < -0.4 is 5.32 Å². The van der Waals surface area contributed by atoms with Gasteiger partial charge < -0.3 is 9.84 Å². The van der Waals surface area contributed by atoms with Crippen LogP contribution in [0.25, 0.3) is 11.5 Å². The van der Waals surface area contributed by atoms with E-state index >= 15 is 0 Å². The van der Waals surface area contributed by atoms with Crippen molar-refractivity contribution in [1.29, 1.82) is 0 Å². The van der Waals surface area contributed by atoms with E-state index in [9.17, 15) is 22.4 Å². The third-order valence-corrected chi connectivity index (χ3v) is 2.64. The van der Waals surface area contributed by atoms with E-state index in [1.54, 1.807) is 0 Å². The summed E-state index contributed by atoms with van der Waals surface area (Å²) in [7, 11) is 0. The number of aromatic nitrogens is 2. The molecule has 1 amide bonds. The molecule has 0 fully saturated rings. The number of amides is 1. The lowest BCUT2D eigenvalue weighted by Crippen LogP contribution is -2.25. The molecule has 0 aliphatic rings. The van der Waals surface area contributed by atoms with Crippen molar-refractivity contribution in [1.82, 2.24) is 15.5 Å². The number of nitrogens with one attached hydrogen (secondary N) is 1. The third-order valence-electron chi connectivity index (χ3n) is 2.64. The van der Waals surface area contributed by atoms with Crippen LogP contribution in [0, 0.1) is 5.82 Å². The lowest BCUT2D eigenvalue weighted by Gasteiger charge is -2.05. The van der Waals surface area contributed by atoms with Gasteiger partial charge in [0, 0.05) is 12.0 Å². The number of rotatable bonds is 5. The summed E-state index contributed by atoms with van der Waals surface area (Å²) in [6, 6.07) is 5.32. The van der Waals surface area contributed by atoms with Crippen molar-refractivity contribution in [3.8, 4) is 11.5 Å². The molecule has 2 aromatic rings. The smallest absolute Gasteiger partial charge is 0.349 e. The number of hydrogen-bond donors (Lipinski definition) is 1. The van der Waals surface area contributed by atoms with E-state index in [-0.39, 0.29) is 18.3 Å². The van der Waals surface area contributed by atoms with E-state index in [0.717, 1.165) is 0 Å². The SMILES string of the molecule is O=C(CCC(F)(F)F)NCc1noc(-c2ccc(F)cc2)n1. The topological polar surface area (TPSA) is 68.0 Å². The van der Waals surface area contributed by atoms with Gasteiger partial charge in [0.15, 0.2) is 5.82 Å². The molecular formula is C13H11F4N3O2. The van der Waals surface area contributed by atoms with Crippen LogP contribution >= 0.6 is 0 Å². The second-order valence-corrected chi connectivity index (χ2v) is 4.41. The molecule has 9 heteroatoms. The Morgan fingerprint density at radius 3 is 2.55 bits per heavy atom. The highest BCUT2D eigenvalue weighted by atomic mass is 19.4. The maximum atomic E-state index is 12.8. The fourth-order valence-electron chi connectivity index (χ4n) is 1.56. The van der Waals surface area contributed by atoms with Crippen molar-refractivity contribution in [3.05, 3.63) is 35.9 Å². The summed E-state index contributed by atoms with van der Waals surface area (Å²) in [5.41, 5.74) is 0.489. The minimum atomic E-state index is -4.38. The molecule has 118 valence electrons. The molecular weight excluding hydrogens is 306 g/mol. The number of carbonyl (C=O) groups excluding carboxylic acids is 1. The average Bonchev–Trinajstić information content (AvgIpc) is 2.92. The molecule has 22 heavy (non-hydrogen) atoms. The highest BCUT2D eigenvalue weighted by Crippen LogP contribution is 2.21. The maximum Gasteiger partial charge on any atom is 0.389 e. The highest BCUT2D eigenvalue weighted by Gasteiger charge is 2.27. The second kappa shape index (κ2) is 6.54. The van der Waals surface area contributed by atoms with Gasteiger partial charge in [0.25, 0.3) is 5.89 Å². The molecule has 1 aromatic heterocycles. The molecule has 0 bridgehead atoms. The predicted octanol–water partition coefficient (Wildman–Crippen LogP) is 2.83. The summed E-state index contributed by atoms with van der Waals surface area (Å²) >= 11 is 0. The van der Waals surface area contributed by atoms with Crippen LogP contribution in [0.3, 0.4) is 0 Å². The first-order valence-corrected chi connectivity index (χ1v) is 6.25. The van der Waals surface area contributed by atoms with Gasteiger partial charge in [0.1, 0.15) is 5.82 Å². The molecule has 0 saturated heterocycles. The first-order chi connectivity index (χ1) is 10.3. The lowest BCUT2D eigenvalue weighted by atomic mass is 10.2. The average molecular weight is 317 g/mol. The molecule has 1 heterocycles. The second-order valence-electron chi connectivity index (χ2n) is 4.41. The Labute approximate surface area is 122 Å². The van der Waals surface area contributed by atoms with Crippen molar-refractivity contribution in [2.45, 2.75) is 25.6 Å². The molecule has 0 radical (unpaired) electrons. The highest BCUT2D eigenvalue weighted by molar-refractivity contribution is 5.75. The van der Waals surface area contributed by atoms with Gasteiger partial charge >= 0.3 is 6.18 Å². The number of benzene rings is 1. The van der Waals surface area contributed by atoms with Gasteiger partial charge in [-0.25, -0.2) is 4.39 Å². The van der Waals surface area contributed by atoms with Crippen molar-refractivity contribution in [2.75, 3.05) is 0 Å². The predicted molar refractivity (Wildman–Crippen MR) is 66.8 cm³/mol. The van der Waals surface area contributed by atoms with Gasteiger partial charge in [-0.15, -0.1) is 0 Å². The molecule has 1 aromatic carbocycles. The van der Waals surface area contributed by atoms with E-state index in [2.05, 4.69) is 15.5 Å². The van der Waals surface area contributed by atoms with E-state index < -0.39 is 30.7 Å². The molecule has 2 rings (SSSR count). The first kappa shape index (κ1) is 15.9. The zero-order valence-corrected chi connectivity index (χ0v) is 11.2. The minimum absolute atomic E-state index is 0.111. The summed E-state index contributed by atoms with van der Waals surface area (Å²) in [5.74, 6) is -0.940. The van der Waals surface area contributed by atoms with Crippen LogP contribution in [-0.2, 0) is 11.3 Å². The number of nitrogens with zero attached hydrogens (tertiary/aromatic N) is 2. The van der Waals surface area contributed by atoms with E-state index in [4.69, 9.17) is 4.52 Å². The molecule has 0 aliphatic carbocycles. The molecule has 5 nitrogen and oxygen atoms in total. The van der Waals surface area contributed by atoms with Gasteiger partial charge in [0.05, 0.1) is 13.0 Å². The van der Waals surface area contributed by atoms with Crippen molar-refractivity contribution >= 4 is 5.91 Å². The van der Waals surface area contributed by atoms with E-state index in [1.165, 1.54) is 24.3 Å². The van der Waals surface area contributed by atoms with Crippen molar-refractivity contribution in [2.24, 2.45) is 0 Å². The molecule has 1 N–H and O–H groups in total. The van der Waals surface area contributed by atoms with Gasteiger partial charge in [-0.3, -0.25) is 4.79 Å². The third kappa shape index (κ3) is 4.83. The number of hydrogen-bond acceptors (Lipinski definition) is 4. The molecule has 0 unspecified atom stereocenters. The number of halogens is 4. The maximum absolute atomic E-state index is 12.8. The summed E-state index contributed by atoms with van der Waals surface area (Å²) in [5, 5.41) is 5.84. The summed E-state index contributed by atoms with van der Waals surface area (Å²) in [6.45, 7) is -0.151. The summed E-state index contributed by atoms with van der Waals surface area (Å²) in [6.07, 6.45) is -6.22.